The van der Waals surface area contributed by atoms with Crippen molar-refractivity contribution in [3.05, 3.63) is 182 Å². The molecule has 0 saturated heterocycles. The Bertz CT molecular complexity index is 2500. The van der Waals surface area contributed by atoms with Gasteiger partial charge < -0.3 is 4.57 Å². The second-order valence-electron chi connectivity index (χ2n) is 12.1. The van der Waals surface area contributed by atoms with E-state index in [0.717, 1.165) is 38.8 Å². The lowest BCUT2D eigenvalue weighted by Crippen LogP contribution is -2.00. The van der Waals surface area contributed by atoms with Crippen LogP contribution in [0.4, 0.5) is 0 Å². The fourth-order valence-corrected chi connectivity index (χ4v) is 6.62. The predicted molar refractivity (Wildman–Crippen MR) is 201 cm³/mol. The van der Waals surface area contributed by atoms with Gasteiger partial charge in [0.25, 0.3) is 0 Å². The molecule has 0 N–H and O–H groups in total. The van der Waals surface area contributed by atoms with Gasteiger partial charge in [0.15, 0.2) is 17.5 Å². The van der Waals surface area contributed by atoms with Crippen LogP contribution in [-0.4, -0.2) is 19.5 Å². The zero-order chi connectivity index (χ0) is 32.6. The Kier molecular flexibility index (Phi) is 7.10. The molecule has 0 spiro atoms. The molecule has 2 heterocycles. The summed E-state index contributed by atoms with van der Waals surface area (Å²) < 4.78 is 2.36. The molecular formula is C45H30N4. The van der Waals surface area contributed by atoms with Crippen molar-refractivity contribution >= 4 is 21.8 Å². The van der Waals surface area contributed by atoms with E-state index in [-0.39, 0.29) is 0 Å². The summed E-state index contributed by atoms with van der Waals surface area (Å²) in [5.41, 5.74) is 11.0. The van der Waals surface area contributed by atoms with Crippen LogP contribution >= 0.6 is 0 Å². The van der Waals surface area contributed by atoms with Gasteiger partial charge in [-0.1, -0.05) is 140 Å². The normalized spacial score (nSPS) is 11.3. The molecule has 0 saturated carbocycles. The van der Waals surface area contributed by atoms with Crippen LogP contribution < -0.4 is 0 Å². The quantitative estimate of drug-likeness (QED) is 0.184. The van der Waals surface area contributed by atoms with E-state index in [1.54, 1.807) is 0 Å². The molecule has 9 rings (SSSR count). The van der Waals surface area contributed by atoms with Crippen LogP contribution in [0, 0.1) is 0 Å². The Morgan fingerprint density at radius 2 is 0.633 bits per heavy atom. The number of aromatic nitrogens is 4. The standard InChI is InChI=1S/C45H30N4/c1-5-13-31(14-6-1)33-21-25-38(26-22-33)49-41-27-23-36(32-15-7-2-8-16-32)29-39(41)40-30-37(24-28-42(40)49)45-47-43(34-17-9-3-10-18-34)46-44(48-45)35-19-11-4-12-20-35/h1-30H. The molecule has 0 fully saturated rings. The molecule has 0 radical (unpaired) electrons. The number of nitrogens with zero attached hydrogens (tertiary/aromatic N) is 4. The van der Waals surface area contributed by atoms with Gasteiger partial charge in [-0.2, -0.15) is 0 Å². The molecule has 0 aliphatic heterocycles. The van der Waals surface area contributed by atoms with Crippen molar-refractivity contribution in [1.29, 1.82) is 0 Å². The zero-order valence-corrected chi connectivity index (χ0v) is 26.6. The highest BCUT2D eigenvalue weighted by Gasteiger charge is 2.17. The van der Waals surface area contributed by atoms with Crippen LogP contribution in [0.3, 0.4) is 0 Å². The van der Waals surface area contributed by atoms with E-state index in [2.05, 4.69) is 126 Å². The summed E-state index contributed by atoms with van der Waals surface area (Å²) >= 11 is 0. The second-order valence-corrected chi connectivity index (χ2v) is 12.1. The van der Waals surface area contributed by atoms with Crippen molar-refractivity contribution in [3.8, 4) is 62.1 Å². The number of hydrogen-bond donors (Lipinski definition) is 0. The lowest BCUT2D eigenvalue weighted by molar-refractivity contribution is 1.07. The summed E-state index contributed by atoms with van der Waals surface area (Å²) in [5, 5.41) is 2.31. The van der Waals surface area contributed by atoms with E-state index in [4.69, 9.17) is 15.0 Å². The molecule has 0 atom stereocenters. The topological polar surface area (TPSA) is 43.6 Å². The highest BCUT2D eigenvalue weighted by molar-refractivity contribution is 6.11. The van der Waals surface area contributed by atoms with Gasteiger partial charge in [-0.15, -0.1) is 0 Å². The van der Waals surface area contributed by atoms with Crippen molar-refractivity contribution < 1.29 is 0 Å². The molecule has 0 unspecified atom stereocenters. The summed E-state index contributed by atoms with van der Waals surface area (Å²) in [4.78, 5) is 15.0. The van der Waals surface area contributed by atoms with Gasteiger partial charge in [0.2, 0.25) is 0 Å². The van der Waals surface area contributed by atoms with Gasteiger partial charge in [0, 0.05) is 33.2 Å². The lowest BCUT2D eigenvalue weighted by atomic mass is 10.0. The van der Waals surface area contributed by atoms with Crippen molar-refractivity contribution in [1.82, 2.24) is 19.5 Å². The van der Waals surface area contributed by atoms with Crippen LogP contribution in [0.25, 0.3) is 83.9 Å². The average Bonchev–Trinajstić information content (AvgIpc) is 3.52. The van der Waals surface area contributed by atoms with E-state index >= 15 is 0 Å². The lowest BCUT2D eigenvalue weighted by Gasteiger charge is -2.11. The largest absolute Gasteiger partial charge is 0.309 e. The van der Waals surface area contributed by atoms with Gasteiger partial charge in [-0.3, -0.25) is 0 Å². The first kappa shape index (κ1) is 28.6. The van der Waals surface area contributed by atoms with Crippen LogP contribution in [0.1, 0.15) is 0 Å². The summed E-state index contributed by atoms with van der Waals surface area (Å²) in [5.74, 6) is 1.94. The summed E-state index contributed by atoms with van der Waals surface area (Å²) in [6.45, 7) is 0. The van der Waals surface area contributed by atoms with Gasteiger partial charge in [-0.05, 0) is 64.7 Å². The van der Waals surface area contributed by atoms with Gasteiger partial charge in [0.1, 0.15) is 0 Å². The van der Waals surface area contributed by atoms with Crippen molar-refractivity contribution in [2.75, 3.05) is 0 Å². The third-order valence-corrected chi connectivity index (χ3v) is 9.06. The smallest absolute Gasteiger partial charge is 0.164 e. The van der Waals surface area contributed by atoms with Crippen LogP contribution in [0.15, 0.2) is 182 Å². The summed E-state index contributed by atoms with van der Waals surface area (Å²) in [7, 11) is 0. The number of hydrogen-bond acceptors (Lipinski definition) is 3. The molecule has 0 bridgehead atoms. The highest BCUT2D eigenvalue weighted by atomic mass is 15.0. The molecular weight excluding hydrogens is 597 g/mol. The van der Waals surface area contributed by atoms with E-state index in [0.29, 0.717) is 17.5 Å². The van der Waals surface area contributed by atoms with E-state index in [9.17, 15) is 0 Å². The molecule has 4 nitrogen and oxygen atoms in total. The molecule has 4 heteroatoms. The third-order valence-electron chi connectivity index (χ3n) is 9.06. The minimum absolute atomic E-state index is 0.641. The molecule has 230 valence electrons. The van der Waals surface area contributed by atoms with Crippen LogP contribution in [0.2, 0.25) is 0 Å². The Hall–Kier alpha value is -6.65. The molecule has 49 heavy (non-hydrogen) atoms. The first-order valence-corrected chi connectivity index (χ1v) is 16.5. The van der Waals surface area contributed by atoms with Crippen molar-refractivity contribution in [2.45, 2.75) is 0 Å². The maximum absolute atomic E-state index is 5.03. The molecule has 9 aromatic rings. The fraction of sp³-hybridized carbons (Fsp3) is 0. The number of rotatable bonds is 6. The maximum Gasteiger partial charge on any atom is 0.164 e. The highest BCUT2D eigenvalue weighted by Crippen LogP contribution is 2.37. The maximum atomic E-state index is 5.03. The van der Waals surface area contributed by atoms with Crippen LogP contribution in [-0.2, 0) is 0 Å². The minimum atomic E-state index is 0.641. The Morgan fingerprint density at radius 1 is 0.286 bits per heavy atom. The second kappa shape index (κ2) is 12.2. The number of fused-ring (bicyclic) bond motifs is 3. The summed E-state index contributed by atoms with van der Waals surface area (Å²) in [6.07, 6.45) is 0. The predicted octanol–water partition coefficient (Wildman–Crippen LogP) is 11.3. The van der Waals surface area contributed by atoms with Crippen molar-refractivity contribution in [3.63, 3.8) is 0 Å². The Labute approximate surface area is 284 Å². The van der Waals surface area contributed by atoms with Gasteiger partial charge in [0.05, 0.1) is 11.0 Å². The molecule has 7 aromatic carbocycles. The SMILES string of the molecule is c1ccc(-c2ccc(-n3c4ccc(-c5ccccc5)cc4c4cc(-c5nc(-c6ccccc6)nc(-c6ccccc6)n5)ccc43)cc2)cc1. The van der Waals surface area contributed by atoms with Crippen molar-refractivity contribution in [2.24, 2.45) is 0 Å². The molecule has 0 aliphatic carbocycles. The minimum Gasteiger partial charge on any atom is -0.309 e. The number of benzene rings is 7. The van der Waals surface area contributed by atoms with Gasteiger partial charge >= 0.3 is 0 Å². The first-order valence-electron chi connectivity index (χ1n) is 16.5. The average molecular weight is 627 g/mol. The summed E-state index contributed by atoms with van der Waals surface area (Å²) in [6, 6.07) is 63.5. The third kappa shape index (κ3) is 5.35. The molecule has 0 amide bonds. The van der Waals surface area contributed by atoms with E-state index in [1.165, 1.54) is 27.6 Å². The first-order chi connectivity index (χ1) is 24.3. The molecule has 0 aliphatic rings. The molecule has 2 aromatic heterocycles. The van der Waals surface area contributed by atoms with E-state index < -0.39 is 0 Å². The monoisotopic (exact) mass is 626 g/mol. The Morgan fingerprint density at radius 3 is 1.12 bits per heavy atom. The van der Waals surface area contributed by atoms with Crippen LogP contribution in [0.5, 0.6) is 0 Å². The van der Waals surface area contributed by atoms with Gasteiger partial charge in [-0.25, -0.2) is 15.0 Å². The fourth-order valence-electron chi connectivity index (χ4n) is 6.62. The Balaban J connectivity index is 1.25. The van der Waals surface area contributed by atoms with E-state index in [1.807, 2.05) is 60.7 Å². The zero-order valence-electron chi connectivity index (χ0n) is 26.6.